The molecule has 3 aromatic carbocycles. The summed E-state index contributed by atoms with van der Waals surface area (Å²) in [4.78, 5) is 44.0. The second-order valence-electron chi connectivity index (χ2n) is 21.4. The Kier molecular flexibility index (Phi) is 8.49. The van der Waals surface area contributed by atoms with Crippen molar-refractivity contribution in [2.24, 2.45) is 0 Å². The predicted molar refractivity (Wildman–Crippen MR) is 240 cm³/mol. The van der Waals surface area contributed by atoms with E-state index in [1.165, 1.54) is 12.2 Å². The van der Waals surface area contributed by atoms with Crippen molar-refractivity contribution < 1.29 is 64.0 Å². The SMILES string of the molecule is CN1CCC23c4c5ccc(O)c4O[C@H]2C(=O)C=CC3(O)[C@H]1C5.CN1CCC23c4c5ccc(O)c4O[C@H]2C(=O)CC(O)C3(O)[C@H]1C5.COc1ccc2c3c1O[C@H]1C(=O)C=CC4(O)[C@@H](C2)N(C)CCC314. The van der Waals surface area contributed by atoms with Crippen molar-refractivity contribution in [1.29, 1.82) is 0 Å². The van der Waals surface area contributed by atoms with Gasteiger partial charge in [-0.3, -0.25) is 24.2 Å². The van der Waals surface area contributed by atoms with Gasteiger partial charge in [0, 0.05) is 41.2 Å². The molecule has 16 heteroatoms. The van der Waals surface area contributed by atoms with Gasteiger partial charge in [-0.15, -0.1) is 0 Å². The summed E-state index contributed by atoms with van der Waals surface area (Å²) in [7, 11) is 7.60. The number of ketones is 3. The molecule has 0 radical (unpaired) electrons. The first-order valence-corrected chi connectivity index (χ1v) is 23.8. The largest absolute Gasteiger partial charge is 0.504 e. The number of aliphatic hydroxyl groups excluding tert-OH is 1. The maximum atomic E-state index is 12.6. The van der Waals surface area contributed by atoms with Gasteiger partial charge in [-0.05, 0) is 138 Å². The lowest BCUT2D eigenvalue weighted by Gasteiger charge is -2.63. The standard InChI is InChI=1S/C18H19NO4.C17H19NO5.C17H17NO4/c1-19-8-7-17-14-10-3-4-12(22-2)15(14)23-16(17)11(20)5-6-18(17,21)13(19)9-10;1-18-5-4-16-13-8-2-3-9(19)14(13)23-15(16)10(20)7-12(21)17(16,22)11(18)6-8;1-18-7-6-16-13-9-2-3-10(19)14(13)22-15(16)11(20)4-5-17(16,21)12(18)8-9/h3-6,13,16,21H,7-9H2,1-2H3;2-3,11-12,15,19,21-22H,4-7H2,1H3;2-5,12,15,19,21H,6-8H2,1H3/t13-,16+,17?,18?;11-,12?,15+,16?,17?;12-,15+,16?,17?/m111/s1. The van der Waals surface area contributed by atoms with Crippen LogP contribution in [0.3, 0.4) is 0 Å². The number of piperidine rings is 3. The molecule has 1 saturated carbocycles. The number of nitrogens with zero attached hydrogens (tertiary/aromatic N) is 3. The Hall–Kier alpha value is -5.33. The monoisotopic (exact) mass is 929 g/mol. The van der Waals surface area contributed by atoms with Crippen molar-refractivity contribution in [2.45, 2.75) is 121 Å². The van der Waals surface area contributed by atoms with Crippen LogP contribution in [0.1, 0.15) is 59.1 Å². The van der Waals surface area contributed by atoms with Crippen LogP contribution in [0.25, 0.3) is 0 Å². The highest BCUT2D eigenvalue weighted by Gasteiger charge is 2.77. The molecule has 3 spiro atoms. The number of likely N-dealkylation sites (N-methyl/N-ethyl adjacent to an activating group) is 3. The minimum atomic E-state index is -1.44. The minimum absolute atomic E-state index is 0.00505. The summed E-state index contributed by atoms with van der Waals surface area (Å²) in [5.74, 6) is 1.64. The first kappa shape index (κ1) is 42.7. The third-order valence-electron chi connectivity index (χ3n) is 19.1. The molecule has 68 heavy (non-hydrogen) atoms. The van der Waals surface area contributed by atoms with E-state index < -0.39 is 57.5 Å². The topological polar surface area (TPSA) is 219 Å². The van der Waals surface area contributed by atoms with E-state index in [4.69, 9.17) is 18.9 Å². The summed E-state index contributed by atoms with van der Waals surface area (Å²) < 4.78 is 23.3. The summed E-state index contributed by atoms with van der Waals surface area (Å²) in [5.41, 5.74) is -0.269. The van der Waals surface area contributed by atoms with E-state index in [0.717, 1.165) is 52.9 Å². The van der Waals surface area contributed by atoms with E-state index in [2.05, 4.69) is 20.8 Å². The van der Waals surface area contributed by atoms with Gasteiger partial charge in [0.15, 0.2) is 70.2 Å². The number of hydrogen-bond donors (Lipinski definition) is 6. The van der Waals surface area contributed by atoms with E-state index in [0.29, 0.717) is 61.6 Å². The molecule has 6 aliphatic carbocycles. The van der Waals surface area contributed by atoms with E-state index >= 15 is 0 Å². The Bertz CT molecular complexity index is 2880. The maximum Gasteiger partial charge on any atom is 0.196 e. The number of rotatable bonds is 1. The number of aromatic hydroxyl groups is 2. The van der Waals surface area contributed by atoms with Crippen LogP contribution in [0.15, 0.2) is 60.7 Å². The van der Waals surface area contributed by atoms with E-state index in [-0.39, 0.29) is 53.4 Å². The van der Waals surface area contributed by atoms with Crippen LogP contribution in [0.4, 0.5) is 0 Å². The molecule has 6 N–H and O–H groups in total. The number of Topliss-reactive ketones (excluding diaryl/α,β-unsaturated/α-hetero) is 1. The normalized spacial score (nSPS) is 41.7. The number of aliphatic hydroxyl groups is 4. The van der Waals surface area contributed by atoms with Crippen LogP contribution in [-0.4, -0.2) is 170 Å². The lowest BCUT2D eigenvalue weighted by atomic mass is 9.48. The molecule has 12 aliphatic rings. The molecule has 3 saturated heterocycles. The summed E-state index contributed by atoms with van der Waals surface area (Å²) >= 11 is 0. The summed E-state index contributed by atoms with van der Waals surface area (Å²) in [6.07, 6.45) is 6.74. The second-order valence-corrected chi connectivity index (χ2v) is 21.4. The van der Waals surface area contributed by atoms with Gasteiger partial charge in [-0.2, -0.15) is 0 Å². The average Bonchev–Trinajstić information content (AvgIpc) is 3.99. The third-order valence-corrected chi connectivity index (χ3v) is 19.1. The smallest absolute Gasteiger partial charge is 0.196 e. The molecule has 356 valence electrons. The van der Waals surface area contributed by atoms with Crippen LogP contribution >= 0.6 is 0 Å². The molecule has 4 fully saturated rings. The van der Waals surface area contributed by atoms with Gasteiger partial charge < -0.3 is 54.5 Å². The van der Waals surface area contributed by atoms with Crippen molar-refractivity contribution in [3.63, 3.8) is 0 Å². The van der Waals surface area contributed by atoms with Crippen LogP contribution in [-0.2, 0) is 49.9 Å². The summed E-state index contributed by atoms with van der Waals surface area (Å²) in [6, 6.07) is 10.5. The van der Waals surface area contributed by atoms with E-state index in [1.54, 1.807) is 31.4 Å². The zero-order valence-electron chi connectivity index (χ0n) is 38.3. The summed E-state index contributed by atoms with van der Waals surface area (Å²) in [5, 5.41) is 65.9. The first-order chi connectivity index (χ1) is 32.4. The first-order valence-electron chi connectivity index (χ1n) is 23.8. The molecule has 6 heterocycles. The number of methoxy groups -OCH3 is 1. The predicted octanol–water partition coefficient (Wildman–Crippen LogP) is 1.06. The Labute approximate surface area is 391 Å². The van der Waals surface area contributed by atoms with Crippen LogP contribution < -0.4 is 18.9 Å². The molecule has 13 atom stereocenters. The Morgan fingerprint density at radius 3 is 1.53 bits per heavy atom. The minimum Gasteiger partial charge on any atom is -0.504 e. The fraction of sp³-hybridized carbons (Fsp3) is 0.519. The van der Waals surface area contributed by atoms with Gasteiger partial charge >= 0.3 is 0 Å². The quantitative estimate of drug-likeness (QED) is 0.201. The fourth-order valence-electron chi connectivity index (χ4n) is 16.0. The maximum absolute atomic E-state index is 12.6. The van der Waals surface area contributed by atoms with Gasteiger partial charge in [0.25, 0.3) is 0 Å². The molecular formula is C52H55N3O13. The number of likely N-dealkylation sites (tertiary alicyclic amines) is 3. The molecule has 0 aromatic heterocycles. The molecule has 15 rings (SSSR count). The zero-order chi connectivity index (χ0) is 47.4. The molecule has 6 bridgehead atoms. The number of phenolic OH excluding ortho intramolecular Hbond substituents is 2. The van der Waals surface area contributed by atoms with Gasteiger partial charge in [0.2, 0.25) is 0 Å². The van der Waals surface area contributed by atoms with Crippen molar-refractivity contribution in [2.75, 3.05) is 47.9 Å². The highest BCUT2D eigenvalue weighted by atomic mass is 16.5. The summed E-state index contributed by atoms with van der Waals surface area (Å²) in [6.45, 7) is 2.34. The van der Waals surface area contributed by atoms with Crippen molar-refractivity contribution in [1.82, 2.24) is 14.7 Å². The number of carbonyl (C=O) groups is 3. The van der Waals surface area contributed by atoms with E-state index in [1.807, 2.05) is 39.3 Å². The zero-order valence-corrected chi connectivity index (χ0v) is 38.3. The van der Waals surface area contributed by atoms with Crippen LogP contribution in [0.5, 0.6) is 34.5 Å². The average molecular weight is 930 g/mol. The third kappa shape index (κ3) is 4.60. The molecule has 0 amide bonds. The number of ether oxygens (including phenoxy) is 4. The van der Waals surface area contributed by atoms with Gasteiger partial charge in [-0.1, -0.05) is 18.2 Å². The van der Waals surface area contributed by atoms with Crippen molar-refractivity contribution in [3.05, 3.63) is 94.1 Å². The van der Waals surface area contributed by atoms with Crippen molar-refractivity contribution in [3.8, 4) is 34.5 Å². The van der Waals surface area contributed by atoms with E-state index in [9.17, 15) is 45.0 Å². The van der Waals surface area contributed by atoms with Crippen LogP contribution in [0, 0.1) is 0 Å². The fourth-order valence-corrected chi connectivity index (χ4v) is 16.0. The molecular weight excluding hydrogens is 875 g/mol. The second kappa shape index (κ2) is 13.5. The Morgan fingerprint density at radius 1 is 0.574 bits per heavy atom. The van der Waals surface area contributed by atoms with Crippen molar-refractivity contribution >= 4 is 17.3 Å². The number of phenols is 2. The van der Waals surface area contributed by atoms with Gasteiger partial charge in [-0.25, -0.2) is 0 Å². The van der Waals surface area contributed by atoms with Gasteiger partial charge in [0.05, 0.1) is 29.5 Å². The molecule has 3 aromatic rings. The Morgan fingerprint density at radius 2 is 1.00 bits per heavy atom. The molecule has 7 unspecified atom stereocenters. The number of hydrogen-bond acceptors (Lipinski definition) is 16. The number of carbonyl (C=O) groups excluding carboxylic acids is 3. The lowest BCUT2D eigenvalue weighted by Crippen LogP contribution is -2.80. The van der Waals surface area contributed by atoms with Crippen LogP contribution in [0.2, 0.25) is 0 Å². The highest BCUT2D eigenvalue weighted by Crippen LogP contribution is 2.67. The Balaban J connectivity index is 0.000000101. The highest BCUT2D eigenvalue weighted by molar-refractivity contribution is 6.00. The van der Waals surface area contributed by atoms with Gasteiger partial charge in [0.1, 0.15) is 16.8 Å². The number of benzene rings is 3. The molecule has 16 nitrogen and oxygen atoms in total. The molecule has 6 aliphatic heterocycles. The lowest BCUT2D eigenvalue weighted by molar-refractivity contribution is -0.226.